The number of amides is 1. The smallest absolute Gasteiger partial charge is 0.255 e. The molecule has 0 aliphatic rings. The van der Waals surface area contributed by atoms with Gasteiger partial charge in [-0.15, -0.1) is 12.4 Å². The lowest BCUT2D eigenvalue weighted by molar-refractivity contribution is -0.119. The number of nitrogens with zero attached hydrogens (tertiary/aromatic N) is 1. The molecule has 6 nitrogen and oxygen atoms in total. The highest BCUT2D eigenvalue weighted by Crippen LogP contribution is 2.13. The second-order valence-corrected chi connectivity index (χ2v) is 6.19. The molecule has 27 heavy (non-hydrogen) atoms. The summed E-state index contributed by atoms with van der Waals surface area (Å²) in [4.78, 5) is 12.8. The van der Waals surface area contributed by atoms with Gasteiger partial charge in [0.15, 0.2) is 6.61 Å². The Hall–Kier alpha value is -2.28. The highest BCUT2D eigenvalue weighted by Gasteiger charge is 2.09. The van der Waals surface area contributed by atoms with Crippen molar-refractivity contribution in [2.24, 2.45) is 5.73 Å². The van der Waals surface area contributed by atoms with Gasteiger partial charge in [0, 0.05) is 13.1 Å². The Balaban J connectivity index is 0.00000364. The third-order valence-electron chi connectivity index (χ3n) is 3.79. The van der Waals surface area contributed by atoms with Crippen LogP contribution in [0.2, 0.25) is 0 Å². The molecule has 0 fully saturated rings. The van der Waals surface area contributed by atoms with Crippen molar-refractivity contribution in [3.63, 3.8) is 0 Å². The molecule has 0 radical (unpaired) electrons. The molecule has 148 valence electrons. The van der Waals surface area contributed by atoms with Crippen LogP contribution in [0.25, 0.3) is 0 Å². The Bertz CT molecular complexity index is 667. The summed E-state index contributed by atoms with van der Waals surface area (Å²) in [6.45, 7) is 1.49. The number of rotatable bonds is 11. The van der Waals surface area contributed by atoms with Crippen LogP contribution in [-0.4, -0.2) is 55.4 Å². The maximum Gasteiger partial charge on any atom is 0.255 e. The number of hydrogen-bond acceptors (Lipinski definition) is 5. The number of primary amides is 1. The van der Waals surface area contributed by atoms with E-state index in [1.165, 1.54) is 0 Å². The molecular weight excluding hydrogens is 368 g/mol. The van der Waals surface area contributed by atoms with E-state index in [0.717, 1.165) is 24.3 Å². The summed E-state index contributed by atoms with van der Waals surface area (Å²) in [5, 5.41) is 10.1. The number of likely N-dealkylation sites (N-methyl/N-ethyl adjacent to an activating group) is 1. The zero-order valence-electron chi connectivity index (χ0n) is 15.4. The number of ether oxygens (including phenoxy) is 2. The lowest BCUT2D eigenvalue weighted by atomic mass is 10.1. The van der Waals surface area contributed by atoms with E-state index in [2.05, 4.69) is 4.90 Å². The Morgan fingerprint density at radius 1 is 1.07 bits per heavy atom. The first kappa shape index (κ1) is 22.8. The summed E-state index contributed by atoms with van der Waals surface area (Å²) in [6.07, 6.45) is 0.295. The van der Waals surface area contributed by atoms with Crippen molar-refractivity contribution in [3.05, 3.63) is 60.2 Å². The third kappa shape index (κ3) is 9.28. The van der Waals surface area contributed by atoms with Crippen LogP contribution < -0.4 is 15.2 Å². The van der Waals surface area contributed by atoms with Crippen molar-refractivity contribution >= 4 is 18.3 Å². The molecule has 2 rings (SSSR count). The molecule has 1 atom stereocenters. The predicted octanol–water partition coefficient (Wildman–Crippen LogP) is 1.89. The van der Waals surface area contributed by atoms with E-state index in [-0.39, 0.29) is 25.6 Å². The molecule has 0 saturated heterocycles. The fourth-order valence-corrected chi connectivity index (χ4v) is 2.44. The highest BCUT2D eigenvalue weighted by molar-refractivity contribution is 5.85. The first-order valence-corrected chi connectivity index (χ1v) is 8.57. The summed E-state index contributed by atoms with van der Waals surface area (Å²) in [6, 6.07) is 17.0. The van der Waals surface area contributed by atoms with Crippen LogP contribution in [0.4, 0.5) is 0 Å². The van der Waals surface area contributed by atoms with Crippen molar-refractivity contribution in [1.82, 2.24) is 4.90 Å². The molecule has 0 aliphatic carbocycles. The number of aliphatic hydroxyl groups is 1. The van der Waals surface area contributed by atoms with Gasteiger partial charge >= 0.3 is 0 Å². The van der Waals surface area contributed by atoms with Crippen LogP contribution >= 0.6 is 12.4 Å². The standard InChI is InChI=1S/C20H26N2O4.ClH/c1-22(13-17(23)14-25-18-5-3-2-4-6-18)12-11-16-7-9-19(10-8-16)26-15-20(21)24;/h2-10,17,23H,11-15H2,1H3,(H2,21,24);1H. The molecule has 2 aromatic rings. The largest absolute Gasteiger partial charge is 0.491 e. The lowest BCUT2D eigenvalue weighted by Gasteiger charge is -2.20. The molecule has 0 bridgehead atoms. The molecule has 0 heterocycles. The summed E-state index contributed by atoms with van der Waals surface area (Å²) in [5.74, 6) is 0.882. The molecule has 7 heteroatoms. The van der Waals surface area contributed by atoms with Gasteiger partial charge in [0.05, 0.1) is 0 Å². The lowest BCUT2D eigenvalue weighted by Crippen LogP contribution is -2.34. The fourth-order valence-electron chi connectivity index (χ4n) is 2.44. The molecule has 0 saturated carbocycles. The van der Waals surface area contributed by atoms with Gasteiger partial charge in [0.25, 0.3) is 5.91 Å². The van der Waals surface area contributed by atoms with Crippen LogP contribution in [0.3, 0.4) is 0 Å². The van der Waals surface area contributed by atoms with Gasteiger partial charge in [-0.1, -0.05) is 30.3 Å². The van der Waals surface area contributed by atoms with Gasteiger partial charge in [0.2, 0.25) is 0 Å². The molecule has 0 aromatic heterocycles. The van der Waals surface area contributed by atoms with E-state index in [4.69, 9.17) is 15.2 Å². The minimum atomic E-state index is -0.551. The monoisotopic (exact) mass is 394 g/mol. The second kappa shape index (κ2) is 12.2. The molecule has 1 unspecified atom stereocenters. The van der Waals surface area contributed by atoms with Gasteiger partial charge < -0.3 is 25.2 Å². The van der Waals surface area contributed by atoms with Crippen LogP contribution in [0.5, 0.6) is 11.5 Å². The van der Waals surface area contributed by atoms with E-state index >= 15 is 0 Å². The number of carbonyl (C=O) groups excluding carboxylic acids is 1. The first-order valence-electron chi connectivity index (χ1n) is 8.57. The Morgan fingerprint density at radius 2 is 1.70 bits per heavy atom. The minimum Gasteiger partial charge on any atom is -0.491 e. The van der Waals surface area contributed by atoms with E-state index in [1.807, 2.05) is 61.6 Å². The SMILES string of the molecule is CN(CCc1ccc(OCC(N)=O)cc1)CC(O)COc1ccccc1.Cl. The first-order chi connectivity index (χ1) is 12.5. The Labute approximate surface area is 166 Å². The number of benzene rings is 2. The van der Waals surface area contributed by atoms with Crippen molar-refractivity contribution in [1.29, 1.82) is 0 Å². The zero-order valence-corrected chi connectivity index (χ0v) is 16.2. The minimum absolute atomic E-state index is 0. The number of hydrogen-bond donors (Lipinski definition) is 2. The molecule has 0 spiro atoms. The number of aliphatic hydroxyl groups excluding tert-OH is 1. The Kier molecular flexibility index (Phi) is 10.3. The maximum atomic E-state index is 10.7. The summed E-state index contributed by atoms with van der Waals surface area (Å²) in [5.41, 5.74) is 6.20. The van der Waals surface area contributed by atoms with Gasteiger partial charge in [-0.3, -0.25) is 4.79 Å². The van der Waals surface area contributed by atoms with Crippen LogP contribution in [0.15, 0.2) is 54.6 Å². The molecule has 1 amide bonds. The van der Waals surface area contributed by atoms with Crippen LogP contribution in [-0.2, 0) is 11.2 Å². The average molecular weight is 395 g/mol. The predicted molar refractivity (Wildman–Crippen MR) is 108 cm³/mol. The zero-order chi connectivity index (χ0) is 18.8. The van der Waals surface area contributed by atoms with E-state index in [1.54, 1.807) is 0 Å². The number of halogens is 1. The fraction of sp³-hybridized carbons (Fsp3) is 0.350. The van der Waals surface area contributed by atoms with Gasteiger partial charge in [0.1, 0.15) is 24.2 Å². The van der Waals surface area contributed by atoms with Gasteiger partial charge in [-0.2, -0.15) is 0 Å². The maximum absolute atomic E-state index is 10.7. The van der Waals surface area contributed by atoms with Gasteiger partial charge in [-0.05, 0) is 43.3 Å². The summed E-state index contributed by atoms with van der Waals surface area (Å²) >= 11 is 0. The Morgan fingerprint density at radius 3 is 2.33 bits per heavy atom. The van der Waals surface area contributed by atoms with Crippen molar-refractivity contribution in [2.45, 2.75) is 12.5 Å². The number of nitrogens with two attached hydrogens (primary N) is 1. The normalized spacial score (nSPS) is 11.5. The van der Waals surface area contributed by atoms with E-state index in [0.29, 0.717) is 12.3 Å². The molecule has 0 aliphatic heterocycles. The molecule has 3 N–H and O–H groups in total. The van der Waals surface area contributed by atoms with Crippen molar-refractivity contribution in [3.8, 4) is 11.5 Å². The number of para-hydroxylation sites is 1. The summed E-state index contributed by atoms with van der Waals surface area (Å²) in [7, 11) is 1.97. The highest BCUT2D eigenvalue weighted by atomic mass is 35.5. The molecular formula is C20H27ClN2O4. The third-order valence-corrected chi connectivity index (χ3v) is 3.79. The van der Waals surface area contributed by atoms with Crippen LogP contribution in [0.1, 0.15) is 5.56 Å². The second-order valence-electron chi connectivity index (χ2n) is 6.19. The molecule has 2 aromatic carbocycles. The quantitative estimate of drug-likeness (QED) is 0.608. The van der Waals surface area contributed by atoms with Crippen molar-refractivity contribution < 1.29 is 19.4 Å². The van der Waals surface area contributed by atoms with Crippen LogP contribution in [0, 0.1) is 0 Å². The summed E-state index contributed by atoms with van der Waals surface area (Å²) < 4.78 is 10.8. The van der Waals surface area contributed by atoms with Crippen molar-refractivity contribution in [2.75, 3.05) is 33.4 Å². The van der Waals surface area contributed by atoms with Gasteiger partial charge in [-0.25, -0.2) is 0 Å². The average Bonchev–Trinajstić information content (AvgIpc) is 2.64. The van der Waals surface area contributed by atoms with E-state index < -0.39 is 12.0 Å². The number of carbonyl (C=O) groups is 1. The topological polar surface area (TPSA) is 85.0 Å². The van der Waals surface area contributed by atoms with E-state index in [9.17, 15) is 9.90 Å².